The Hall–Kier alpha value is -1.95. The summed E-state index contributed by atoms with van der Waals surface area (Å²) in [6.07, 6.45) is 0. The number of nitrogens with two attached hydrogens (primary N) is 1. The van der Waals surface area contributed by atoms with Crippen molar-refractivity contribution in [2.24, 2.45) is 5.73 Å². The van der Waals surface area contributed by atoms with Crippen LogP contribution in [0.3, 0.4) is 0 Å². The van der Waals surface area contributed by atoms with E-state index < -0.39 is 11.0 Å². The summed E-state index contributed by atoms with van der Waals surface area (Å²) in [5.74, 6) is -0.210. The third kappa shape index (κ3) is 1.35. The van der Waals surface area contributed by atoms with E-state index in [2.05, 4.69) is 0 Å². The van der Waals surface area contributed by atoms with Crippen molar-refractivity contribution in [2.75, 3.05) is 11.4 Å². The molecule has 6 nitrogen and oxygen atoms in total. The van der Waals surface area contributed by atoms with Crippen molar-refractivity contribution in [3.05, 3.63) is 33.9 Å². The molecule has 0 spiro atoms. The number of hydrogen-bond acceptors (Lipinski definition) is 4. The number of carbonyl (C=O) groups is 1. The Morgan fingerprint density at radius 2 is 2.25 bits per heavy atom. The second kappa shape index (κ2) is 3.57. The molecule has 0 aromatic heterocycles. The van der Waals surface area contributed by atoms with Gasteiger partial charge < -0.3 is 10.6 Å². The van der Waals surface area contributed by atoms with Crippen LogP contribution in [0.1, 0.15) is 18.5 Å². The predicted octanol–water partition coefficient (Wildman–Crippen LogP) is 0.961. The molecule has 2 N–H and O–H groups in total. The summed E-state index contributed by atoms with van der Waals surface area (Å²) in [5, 5.41) is 10.6. The first-order valence-corrected chi connectivity index (χ1v) is 4.91. The maximum absolute atomic E-state index is 11.7. The van der Waals surface area contributed by atoms with Gasteiger partial charge in [-0.1, -0.05) is 0 Å². The van der Waals surface area contributed by atoms with Gasteiger partial charge >= 0.3 is 0 Å². The Morgan fingerprint density at radius 1 is 1.56 bits per heavy atom. The Bertz CT molecular complexity index is 472. The average molecular weight is 221 g/mol. The number of nitro benzene ring substituents is 1. The molecule has 16 heavy (non-hydrogen) atoms. The molecular weight excluding hydrogens is 210 g/mol. The van der Waals surface area contributed by atoms with Crippen LogP contribution in [0.4, 0.5) is 11.4 Å². The maximum Gasteiger partial charge on any atom is 0.269 e. The maximum atomic E-state index is 11.7. The molecule has 1 aromatic rings. The van der Waals surface area contributed by atoms with Gasteiger partial charge in [0.15, 0.2) is 0 Å². The monoisotopic (exact) mass is 221 g/mol. The van der Waals surface area contributed by atoms with Crippen molar-refractivity contribution in [3.8, 4) is 0 Å². The highest BCUT2D eigenvalue weighted by Crippen LogP contribution is 2.36. The van der Waals surface area contributed by atoms with Crippen molar-refractivity contribution in [2.45, 2.75) is 13.0 Å². The van der Waals surface area contributed by atoms with E-state index in [4.69, 9.17) is 5.73 Å². The van der Waals surface area contributed by atoms with Gasteiger partial charge in [0.05, 0.1) is 4.92 Å². The summed E-state index contributed by atoms with van der Waals surface area (Å²) in [6.45, 7) is 2.35. The smallest absolute Gasteiger partial charge is 0.269 e. The van der Waals surface area contributed by atoms with Crippen LogP contribution in [0.2, 0.25) is 0 Å². The van der Waals surface area contributed by atoms with Crippen LogP contribution in [0.25, 0.3) is 0 Å². The number of fused-ring (bicyclic) bond motifs is 1. The first-order valence-electron chi connectivity index (χ1n) is 4.91. The van der Waals surface area contributed by atoms with E-state index in [9.17, 15) is 14.9 Å². The second-order valence-corrected chi connectivity index (χ2v) is 3.56. The van der Waals surface area contributed by atoms with E-state index in [1.807, 2.05) is 6.92 Å². The van der Waals surface area contributed by atoms with Crippen LogP contribution in [-0.4, -0.2) is 17.4 Å². The summed E-state index contributed by atoms with van der Waals surface area (Å²) in [4.78, 5) is 23.3. The van der Waals surface area contributed by atoms with Gasteiger partial charge in [0, 0.05) is 29.9 Å². The normalized spacial score (nSPS) is 18.8. The number of hydrogen-bond donors (Lipinski definition) is 1. The Balaban J connectivity index is 2.54. The number of nitro groups is 1. The van der Waals surface area contributed by atoms with Gasteiger partial charge in [-0.3, -0.25) is 14.9 Å². The Morgan fingerprint density at radius 3 is 2.81 bits per heavy atom. The van der Waals surface area contributed by atoms with E-state index in [1.54, 1.807) is 6.07 Å². The Labute approximate surface area is 91.8 Å². The molecule has 1 amide bonds. The van der Waals surface area contributed by atoms with E-state index in [1.165, 1.54) is 17.0 Å². The molecule has 0 saturated heterocycles. The molecule has 0 bridgehead atoms. The van der Waals surface area contributed by atoms with Gasteiger partial charge in [0.2, 0.25) is 5.91 Å². The summed E-state index contributed by atoms with van der Waals surface area (Å²) >= 11 is 0. The Kier molecular flexibility index (Phi) is 2.35. The van der Waals surface area contributed by atoms with Crippen LogP contribution in [0.15, 0.2) is 18.2 Å². The fraction of sp³-hybridized carbons (Fsp3) is 0.300. The molecule has 84 valence electrons. The highest BCUT2D eigenvalue weighted by atomic mass is 16.6. The number of carbonyl (C=O) groups excluding carboxylic acids is 1. The summed E-state index contributed by atoms with van der Waals surface area (Å²) in [5.41, 5.74) is 6.87. The molecule has 1 aliphatic rings. The lowest BCUT2D eigenvalue weighted by Crippen LogP contribution is -2.31. The highest BCUT2D eigenvalue weighted by Gasteiger charge is 2.34. The molecule has 1 aliphatic heterocycles. The standard InChI is InChI=1S/C10H11N3O3/c1-2-12-8-4-3-6(13(15)16)5-7(8)9(11)10(12)14/h3-5,9H,2,11H2,1H3. The topological polar surface area (TPSA) is 89.5 Å². The molecule has 0 fully saturated rings. The zero-order valence-corrected chi connectivity index (χ0v) is 8.71. The number of anilines is 1. The molecule has 1 aromatic carbocycles. The fourth-order valence-electron chi connectivity index (χ4n) is 1.90. The van der Waals surface area contributed by atoms with Crippen molar-refractivity contribution in [1.29, 1.82) is 0 Å². The summed E-state index contributed by atoms with van der Waals surface area (Å²) in [6, 6.07) is 3.54. The van der Waals surface area contributed by atoms with Crippen LogP contribution in [0, 0.1) is 10.1 Å². The van der Waals surface area contributed by atoms with Gasteiger partial charge in [-0.25, -0.2) is 0 Å². The number of rotatable bonds is 2. The van der Waals surface area contributed by atoms with Crippen molar-refractivity contribution >= 4 is 17.3 Å². The van der Waals surface area contributed by atoms with Gasteiger partial charge in [-0.2, -0.15) is 0 Å². The van der Waals surface area contributed by atoms with Gasteiger partial charge in [-0.15, -0.1) is 0 Å². The third-order valence-corrected chi connectivity index (χ3v) is 2.70. The minimum atomic E-state index is -0.783. The lowest BCUT2D eigenvalue weighted by Gasteiger charge is -2.13. The second-order valence-electron chi connectivity index (χ2n) is 3.56. The lowest BCUT2D eigenvalue weighted by molar-refractivity contribution is -0.384. The lowest BCUT2D eigenvalue weighted by atomic mass is 10.1. The van der Waals surface area contributed by atoms with Crippen LogP contribution in [-0.2, 0) is 4.79 Å². The number of amides is 1. The summed E-state index contributed by atoms with van der Waals surface area (Å²) < 4.78 is 0. The number of nitrogens with zero attached hydrogens (tertiary/aromatic N) is 2. The van der Waals surface area contributed by atoms with Crippen molar-refractivity contribution in [3.63, 3.8) is 0 Å². The van der Waals surface area contributed by atoms with E-state index in [-0.39, 0.29) is 11.6 Å². The number of likely N-dealkylation sites (N-methyl/N-ethyl adjacent to an activating group) is 1. The molecule has 1 unspecified atom stereocenters. The van der Waals surface area contributed by atoms with Crippen molar-refractivity contribution < 1.29 is 9.72 Å². The molecule has 1 atom stereocenters. The average Bonchev–Trinajstić information content (AvgIpc) is 2.51. The van der Waals surface area contributed by atoms with Gasteiger partial charge in [0.25, 0.3) is 5.69 Å². The molecule has 0 saturated carbocycles. The molecule has 6 heteroatoms. The molecule has 0 radical (unpaired) electrons. The molecule has 1 heterocycles. The minimum absolute atomic E-state index is 0.0417. The third-order valence-electron chi connectivity index (χ3n) is 2.70. The SMILES string of the molecule is CCN1C(=O)C(N)c2cc([N+](=O)[O-])ccc21. The zero-order valence-electron chi connectivity index (χ0n) is 8.71. The predicted molar refractivity (Wildman–Crippen MR) is 58.1 cm³/mol. The number of non-ortho nitro benzene ring substituents is 1. The highest BCUT2D eigenvalue weighted by molar-refractivity contribution is 6.04. The van der Waals surface area contributed by atoms with Crippen LogP contribution < -0.4 is 10.6 Å². The van der Waals surface area contributed by atoms with Crippen LogP contribution >= 0.6 is 0 Å². The van der Waals surface area contributed by atoms with Crippen molar-refractivity contribution in [1.82, 2.24) is 0 Å². The summed E-state index contributed by atoms with van der Waals surface area (Å²) in [7, 11) is 0. The van der Waals surface area contributed by atoms with Crippen LogP contribution in [0.5, 0.6) is 0 Å². The largest absolute Gasteiger partial charge is 0.316 e. The van der Waals surface area contributed by atoms with E-state index >= 15 is 0 Å². The first kappa shape index (κ1) is 10.6. The van der Waals surface area contributed by atoms with Gasteiger partial charge in [-0.05, 0) is 13.0 Å². The minimum Gasteiger partial charge on any atom is -0.316 e. The van der Waals surface area contributed by atoms with E-state index in [0.717, 1.165) is 0 Å². The zero-order chi connectivity index (χ0) is 11.9. The van der Waals surface area contributed by atoms with E-state index in [0.29, 0.717) is 17.8 Å². The molecule has 2 rings (SSSR count). The quantitative estimate of drug-likeness (QED) is 0.595. The number of benzene rings is 1. The molecule has 0 aliphatic carbocycles. The first-order chi connectivity index (χ1) is 7.56. The fourth-order valence-corrected chi connectivity index (χ4v) is 1.90. The molecular formula is C10H11N3O3. The van der Waals surface area contributed by atoms with Gasteiger partial charge in [0.1, 0.15) is 6.04 Å².